The summed E-state index contributed by atoms with van der Waals surface area (Å²) in [5.41, 5.74) is 5.62. The molecule has 3 aliphatic rings. The first-order valence-corrected chi connectivity index (χ1v) is 10.6. The summed E-state index contributed by atoms with van der Waals surface area (Å²) in [6.45, 7) is 5.64. The molecule has 5 rings (SSSR count). The maximum absolute atomic E-state index is 6.22. The lowest BCUT2D eigenvalue weighted by atomic mass is 9.95. The van der Waals surface area contributed by atoms with E-state index in [1.807, 2.05) is 12.1 Å². The monoisotopic (exact) mass is 402 g/mol. The summed E-state index contributed by atoms with van der Waals surface area (Å²) in [6, 6.07) is 13.5. The van der Waals surface area contributed by atoms with Crippen molar-refractivity contribution in [3.8, 4) is 0 Å². The van der Waals surface area contributed by atoms with Gasteiger partial charge in [-0.15, -0.1) is 0 Å². The first-order valence-electron chi connectivity index (χ1n) is 9.83. The van der Waals surface area contributed by atoms with E-state index in [4.69, 9.17) is 27.9 Å². The number of fused-ring (bicyclic) bond motifs is 5. The Bertz CT molecular complexity index is 830. The number of hydrogen-bond acceptors (Lipinski definition) is 3. The Labute approximate surface area is 170 Å². The average molecular weight is 403 g/mol. The van der Waals surface area contributed by atoms with Crippen LogP contribution in [0.5, 0.6) is 0 Å². The topological polar surface area (TPSA) is 15.7 Å². The van der Waals surface area contributed by atoms with Crippen molar-refractivity contribution in [1.82, 2.24) is 4.90 Å². The predicted octanol–water partition coefficient (Wildman–Crippen LogP) is 5.26. The highest BCUT2D eigenvalue weighted by Crippen LogP contribution is 2.50. The van der Waals surface area contributed by atoms with Crippen molar-refractivity contribution in [2.24, 2.45) is 0 Å². The smallest absolute Gasteiger partial charge is 0.0642 e. The SMILES string of the molecule is Clc1cc(Cl)cc(CN2CC[C@H]3C[C@@H]2c2cc(N4CCOCC4)ccc23)c1. The van der Waals surface area contributed by atoms with Crippen LogP contribution in [0.1, 0.15) is 41.5 Å². The van der Waals surface area contributed by atoms with Crippen molar-refractivity contribution in [3.05, 3.63) is 63.1 Å². The minimum Gasteiger partial charge on any atom is -0.378 e. The maximum atomic E-state index is 6.22. The normalized spacial score (nSPS) is 24.9. The van der Waals surface area contributed by atoms with E-state index < -0.39 is 0 Å². The highest BCUT2D eigenvalue weighted by atomic mass is 35.5. The molecular formula is C22H24Cl2N2O. The highest BCUT2D eigenvalue weighted by molar-refractivity contribution is 6.34. The molecule has 2 heterocycles. The molecule has 27 heavy (non-hydrogen) atoms. The highest BCUT2D eigenvalue weighted by Gasteiger charge is 2.39. The van der Waals surface area contributed by atoms with Gasteiger partial charge in [-0.3, -0.25) is 4.90 Å². The van der Waals surface area contributed by atoms with Gasteiger partial charge in [0.25, 0.3) is 0 Å². The van der Waals surface area contributed by atoms with Gasteiger partial charge in [-0.2, -0.15) is 0 Å². The molecule has 2 saturated heterocycles. The van der Waals surface area contributed by atoms with E-state index >= 15 is 0 Å². The van der Waals surface area contributed by atoms with E-state index in [2.05, 4.69) is 28.0 Å². The number of likely N-dealkylation sites (tertiary alicyclic amines) is 1. The second kappa shape index (κ2) is 7.29. The summed E-state index contributed by atoms with van der Waals surface area (Å²) in [7, 11) is 0. The zero-order valence-corrected chi connectivity index (χ0v) is 16.8. The van der Waals surface area contributed by atoms with Crippen molar-refractivity contribution in [3.63, 3.8) is 0 Å². The van der Waals surface area contributed by atoms with Gasteiger partial charge in [0.2, 0.25) is 0 Å². The van der Waals surface area contributed by atoms with E-state index in [0.29, 0.717) is 22.0 Å². The maximum Gasteiger partial charge on any atom is 0.0642 e. The molecule has 0 unspecified atom stereocenters. The molecule has 0 amide bonds. The van der Waals surface area contributed by atoms with Crippen LogP contribution in [0.3, 0.4) is 0 Å². The van der Waals surface area contributed by atoms with Gasteiger partial charge in [0.1, 0.15) is 0 Å². The minimum atomic E-state index is 0.498. The molecule has 1 aliphatic carbocycles. The lowest BCUT2D eigenvalue weighted by Crippen LogP contribution is -2.36. The third-order valence-corrected chi connectivity index (χ3v) is 6.70. The third-order valence-electron chi connectivity index (χ3n) is 6.27. The lowest BCUT2D eigenvalue weighted by Gasteiger charge is -2.34. The molecule has 2 aromatic rings. The minimum absolute atomic E-state index is 0.498. The quantitative estimate of drug-likeness (QED) is 0.695. The first kappa shape index (κ1) is 17.8. The summed E-state index contributed by atoms with van der Waals surface area (Å²) >= 11 is 12.4. The lowest BCUT2D eigenvalue weighted by molar-refractivity contribution is 0.122. The molecule has 2 atom stereocenters. The molecule has 0 radical (unpaired) electrons. The van der Waals surface area contributed by atoms with Crippen LogP contribution >= 0.6 is 23.2 Å². The van der Waals surface area contributed by atoms with Crippen LogP contribution in [0.15, 0.2) is 36.4 Å². The second-order valence-electron chi connectivity index (χ2n) is 7.90. The number of hydrogen-bond donors (Lipinski definition) is 0. The molecule has 2 aromatic carbocycles. The van der Waals surface area contributed by atoms with E-state index in [-0.39, 0.29) is 0 Å². The number of ether oxygens (including phenoxy) is 1. The summed E-state index contributed by atoms with van der Waals surface area (Å²) in [5.74, 6) is 0.711. The number of benzene rings is 2. The zero-order chi connectivity index (χ0) is 18.4. The van der Waals surface area contributed by atoms with Crippen molar-refractivity contribution in [2.45, 2.75) is 31.3 Å². The van der Waals surface area contributed by atoms with Gasteiger partial charge in [-0.1, -0.05) is 29.3 Å². The molecule has 3 nitrogen and oxygen atoms in total. The third kappa shape index (κ3) is 3.47. The molecule has 2 bridgehead atoms. The zero-order valence-electron chi connectivity index (χ0n) is 15.3. The molecule has 0 saturated carbocycles. The van der Waals surface area contributed by atoms with E-state index in [9.17, 15) is 0 Å². The van der Waals surface area contributed by atoms with Gasteiger partial charge in [-0.25, -0.2) is 0 Å². The van der Waals surface area contributed by atoms with Crippen LogP contribution in [0.25, 0.3) is 0 Å². The average Bonchev–Trinajstić information content (AvgIpc) is 2.97. The number of morpholine rings is 1. The Morgan fingerprint density at radius 2 is 1.70 bits per heavy atom. The van der Waals surface area contributed by atoms with E-state index in [0.717, 1.165) is 39.4 Å². The Hall–Kier alpha value is -1.26. The van der Waals surface area contributed by atoms with Gasteiger partial charge in [0.15, 0.2) is 0 Å². The molecule has 5 heteroatoms. The molecular weight excluding hydrogens is 379 g/mol. The fourth-order valence-corrected chi connectivity index (χ4v) is 5.56. The van der Waals surface area contributed by atoms with Gasteiger partial charge in [0, 0.05) is 41.4 Å². The molecule has 142 valence electrons. The fraction of sp³-hybridized carbons (Fsp3) is 0.455. The van der Waals surface area contributed by atoms with Crippen molar-refractivity contribution in [2.75, 3.05) is 37.7 Å². The summed E-state index contributed by atoms with van der Waals surface area (Å²) in [6.07, 6.45) is 2.46. The Morgan fingerprint density at radius 3 is 2.48 bits per heavy atom. The van der Waals surface area contributed by atoms with Crippen LogP contribution in [0.4, 0.5) is 5.69 Å². The molecule has 2 aliphatic heterocycles. The fourth-order valence-electron chi connectivity index (χ4n) is 4.99. The van der Waals surface area contributed by atoms with Crippen LogP contribution in [-0.4, -0.2) is 37.7 Å². The van der Waals surface area contributed by atoms with Crippen LogP contribution in [0.2, 0.25) is 10.0 Å². The Morgan fingerprint density at radius 1 is 0.926 bits per heavy atom. The second-order valence-corrected chi connectivity index (χ2v) is 8.77. The molecule has 0 N–H and O–H groups in total. The van der Waals surface area contributed by atoms with Crippen molar-refractivity contribution >= 4 is 28.9 Å². The number of rotatable bonds is 3. The standard InChI is InChI=1S/C22H24Cl2N2O/c23-17-9-15(10-18(24)12-17)14-26-4-3-16-11-22(26)21-13-19(1-2-20(16)21)25-5-7-27-8-6-25/h1-2,9-10,12-13,16,22H,3-8,11,14H2/t16-,22+/m0/s1. The Balaban J connectivity index is 1.42. The summed E-state index contributed by atoms with van der Waals surface area (Å²) in [4.78, 5) is 5.06. The van der Waals surface area contributed by atoms with Crippen LogP contribution in [0, 0.1) is 0 Å². The Kier molecular flexibility index (Phi) is 4.81. The molecule has 2 fully saturated rings. The largest absolute Gasteiger partial charge is 0.378 e. The van der Waals surface area contributed by atoms with E-state index in [1.54, 1.807) is 11.6 Å². The van der Waals surface area contributed by atoms with Crippen molar-refractivity contribution < 1.29 is 4.74 Å². The van der Waals surface area contributed by atoms with Crippen LogP contribution in [-0.2, 0) is 11.3 Å². The summed E-state index contributed by atoms with van der Waals surface area (Å²) in [5, 5.41) is 1.43. The van der Waals surface area contributed by atoms with E-state index in [1.165, 1.54) is 29.7 Å². The van der Waals surface area contributed by atoms with Gasteiger partial charge < -0.3 is 9.64 Å². The number of nitrogens with zero attached hydrogens (tertiary/aromatic N) is 2. The number of piperidine rings is 1. The predicted molar refractivity (Wildman–Crippen MR) is 111 cm³/mol. The molecule has 0 aromatic heterocycles. The molecule has 0 spiro atoms. The first-order chi connectivity index (χ1) is 13.2. The van der Waals surface area contributed by atoms with Crippen LogP contribution < -0.4 is 4.90 Å². The van der Waals surface area contributed by atoms with Gasteiger partial charge in [0.05, 0.1) is 13.2 Å². The number of halogens is 2. The number of anilines is 1. The van der Waals surface area contributed by atoms with Gasteiger partial charge in [-0.05, 0) is 72.3 Å². The van der Waals surface area contributed by atoms with Crippen molar-refractivity contribution in [1.29, 1.82) is 0 Å². The summed E-state index contributed by atoms with van der Waals surface area (Å²) < 4.78 is 5.51. The van der Waals surface area contributed by atoms with Gasteiger partial charge >= 0.3 is 0 Å².